The summed E-state index contributed by atoms with van der Waals surface area (Å²) < 4.78 is 17.3. The van der Waals surface area contributed by atoms with E-state index in [1.807, 2.05) is 85.2 Å². The van der Waals surface area contributed by atoms with Crippen LogP contribution in [0.1, 0.15) is 16.7 Å². The molecule has 51 heavy (non-hydrogen) atoms. The normalized spacial score (nSPS) is 13.9. The molecule has 1 saturated heterocycles. The molecule has 0 radical (unpaired) electrons. The summed E-state index contributed by atoms with van der Waals surface area (Å²) in [5.41, 5.74) is 5.37. The second kappa shape index (κ2) is 15.3. The van der Waals surface area contributed by atoms with E-state index >= 15 is 0 Å². The lowest BCUT2D eigenvalue weighted by Crippen LogP contribution is -2.41. The number of anilines is 4. The van der Waals surface area contributed by atoms with Gasteiger partial charge in [-0.15, -0.1) is 0 Å². The third-order valence-electron chi connectivity index (χ3n) is 9.10. The number of amides is 2. The second-order valence-corrected chi connectivity index (χ2v) is 13.2. The second-order valence-electron chi connectivity index (χ2n) is 12.3. The van der Waals surface area contributed by atoms with Crippen LogP contribution in [0.3, 0.4) is 0 Å². The molecule has 12 nitrogen and oxygen atoms in total. The van der Waals surface area contributed by atoms with Crippen LogP contribution in [0, 0.1) is 0 Å². The molecule has 0 spiro atoms. The molecule has 5 aromatic rings. The zero-order valence-electron chi connectivity index (χ0n) is 28.8. The Morgan fingerprint density at radius 1 is 0.824 bits per heavy atom. The van der Waals surface area contributed by atoms with Crippen LogP contribution < -0.4 is 29.1 Å². The third-order valence-corrected chi connectivity index (χ3v) is 9.63. The molecule has 0 saturated carbocycles. The van der Waals surface area contributed by atoms with E-state index in [1.54, 1.807) is 31.1 Å². The maximum atomic E-state index is 13.9. The summed E-state index contributed by atoms with van der Waals surface area (Å²) in [5, 5.41) is 0. The fourth-order valence-electron chi connectivity index (χ4n) is 6.24. The van der Waals surface area contributed by atoms with Gasteiger partial charge in [0, 0.05) is 73.5 Å². The van der Waals surface area contributed by atoms with Crippen molar-refractivity contribution < 1.29 is 19.0 Å². The van der Waals surface area contributed by atoms with Crippen LogP contribution in [0.4, 0.5) is 28.2 Å². The average molecular weight is 752 g/mol. The lowest BCUT2D eigenvalue weighted by atomic mass is 10.1. The number of carbonyl (C=O) groups excluding carboxylic acids is 1. The number of benzene rings is 3. The Hall–Kier alpha value is -5.27. The van der Waals surface area contributed by atoms with Crippen molar-refractivity contribution in [1.29, 1.82) is 0 Å². The number of hydrogen-bond donors (Lipinski definition) is 0. The molecule has 0 aliphatic carbocycles. The van der Waals surface area contributed by atoms with E-state index in [4.69, 9.17) is 34.1 Å². The smallest absolute Gasteiger partial charge is 0.329 e. The molecule has 2 aromatic heterocycles. The molecular weight excluding hydrogens is 712 g/mol. The van der Waals surface area contributed by atoms with Crippen LogP contribution in [-0.4, -0.2) is 80.1 Å². The maximum Gasteiger partial charge on any atom is 0.329 e. The van der Waals surface area contributed by atoms with Gasteiger partial charge in [-0.2, -0.15) is 4.98 Å². The summed E-state index contributed by atoms with van der Waals surface area (Å²) in [4.78, 5) is 41.4. The summed E-state index contributed by atoms with van der Waals surface area (Å²) >= 11 is 3.48. The number of fused-ring (bicyclic) bond motifs is 1. The molecule has 2 amide bonds. The first-order chi connectivity index (χ1) is 24.9. The Labute approximate surface area is 305 Å². The van der Waals surface area contributed by atoms with E-state index in [2.05, 4.69) is 25.7 Å². The molecule has 7 rings (SSSR count). The number of rotatable bonds is 10. The molecule has 4 heterocycles. The summed E-state index contributed by atoms with van der Waals surface area (Å²) in [7, 11) is 5.11. The summed E-state index contributed by atoms with van der Waals surface area (Å²) in [6.07, 6.45) is 4.25. The minimum absolute atomic E-state index is 0.159. The number of methoxy groups -OCH3 is 2. The van der Waals surface area contributed by atoms with E-state index in [0.29, 0.717) is 70.1 Å². The fourth-order valence-corrected chi connectivity index (χ4v) is 6.50. The van der Waals surface area contributed by atoms with Gasteiger partial charge in [0.05, 0.1) is 33.1 Å². The number of hydrogen-bond acceptors (Lipinski definition) is 10. The molecule has 13 heteroatoms. The van der Waals surface area contributed by atoms with Crippen LogP contribution in [0.2, 0.25) is 0 Å². The molecular formula is C38H39BrN8O4. The monoisotopic (exact) mass is 750 g/mol. The van der Waals surface area contributed by atoms with Crippen LogP contribution in [-0.2, 0) is 24.2 Å². The van der Waals surface area contributed by atoms with Crippen molar-refractivity contribution in [2.45, 2.75) is 19.5 Å². The van der Waals surface area contributed by atoms with E-state index < -0.39 is 0 Å². The zero-order valence-corrected chi connectivity index (χ0v) is 30.4. The van der Waals surface area contributed by atoms with Crippen molar-refractivity contribution in [2.24, 2.45) is 0 Å². The van der Waals surface area contributed by atoms with Gasteiger partial charge in [0.1, 0.15) is 17.3 Å². The SMILES string of the molecule is COc1ccc(CN(Cc2ccc(OC)cc2)c2ncc(-c3nc(N4CCOCC4)nc4c3CCN4C(=O)N(C)c3ccc(Br)cc3)cn2)cc1. The summed E-state index contributed by atoms with van der Waals surface area (Å²) in [6.45, 7) is 4.14. The van der Waals surface area contributed by atoms with E-state index in [-0.39, 0.29) is 6.03 Å². The number of ether oxygens (including phenoxy) is 3. The van der Waals surface area contributed by atoms with Gasteiger partial charge in [0.2, 0.25) is 11.9 Å². The Morgan fingerprint density at radius 2 is 1.41 bits per heavy atom. The van der Waals surface area contributed by atoms with Crippen LogP contribution in [0.25, 0.3) is 11.3 Å². The first-order valence-electron chi connectivity index (χ1n) is 16.8. The van der Waals surface area contributed by atoms with Crippen LogP contribution in [0.5, 0.6) is 11.5 Å². The number of aromatic nitrogens is 4. The summed E-state index contributed by atoms with van der Waals surface area (Å²) in [5.74, 6) is 3.35. The largest absolute Gasteiger partial charge is 0.497 e. The quantitative estimate of drug-likeness (QED) is 0.160. The lowest BCUT2D eigenvalue weighted by molar-refractivity contribution is 0.122. The molecule has 1 fully saturated rings. The average Bonchev–Trinajstić information content (AvgIpc) is 3.62. The third kappa shape index (κ3) is 7.59. The molecule has 262 valence electrons. The van der Waals surface area contributed by atoms with Gasteiger partial charge in [-0.25, -0.2) is 19.7 Å². The molecule has 0 unspecified atom stereocenters. The molecule has 3 aromatic carbocycles. The highest BCUT2D eigenvalue weighted by atomic mass is 79.9. The highest BCUT2D eigenvalue weighted by molar-refractivity contribution is 9.10. The highest BCUT2D eigenvalue weighted by Crippen LogP contribution is 2.37. The molecule has 0 N–H and O–H groups in total. The van der Waals surface area contributed by atoms with Gasteiger partial charge >= 0.3 is 6.03 Å². The van der Waals surface area contributed by atoms with E-state index in [0.717, 1.165) is 49.6 Å². The van der Waals surface area contributed by atoms with Gasteiger partial charge < -0.3 is 24.0 Å². The molecule has 0 bridgehead atoms. The van der Waals surface area contributed by atoms with E-state index in [1.165, 1.54) is 0 Å². The first-order valence-corrected chi connectivity index (χ1v) is 17.6. The highest BCUT2D eigenvalue weighted by Gasteiger charge is 2.33. The Bertz CT molecular complexity index is 1910. The Morgan fingerprint density at radius 3 is 1.98 bits per heavy atom. The number of halogens is 1. The molecule has 2 aliphatic heterocycles. The Balaban J connectivity index is 1.22. The van der Waals surface area contributed by atoms with Crippen molar-refractivity contribution in [1.82, 2.24) is 19.9 Å². The van der Waals surface area contributed by atoms with Gasteiger partial charge in [-0.1, -0.05) is 40.2 Å². The minimum Gasteiger partial charge on any atom is -0.497 e. The standard InChI is InChI=1S/C38H39BrN8O4/c1-44(30-10-8-29(39)9-11-30)38(48)47-17-16-33-34(42-37(43-35(33)47)45-18-20-51-21-19-45)28-22-40-36(41-23-28)46(24-26-4-12-31(49-2)13-5-26)25-27-6-14-32(50-3)15-7-27/h4-15,22-23H,16-21,24-25H2,1-3H3. The van der Waals surface area contributed by atoms with Crippen molar-refractivity contribution in [3.8, 4) is 22.8 Å². The topological polar surface area (TPSA) is 109 Å². The number of urea groups is 1. The van der Waals surface area contributed by atoms with E-state index in [9.17, 15) is 4.79 Å². The Kier molecular flexibility index (Phi) is 10.3. The lowest BCUT2D eigenvalue weighted by Gasteiger charge is -2.29. The predicted molar refractivity (Wildman–Crippen MR) is 201 cm³/mol. The van der Waals surface area contributed by atoms with Crippen molar-refractivity contribution in [3.05, 3.63) is 106 Å². The number of morpholine rings is 1. The van der Waals surface area contributed by atoms with Crippen LogP contribution >= 0.6 is 15.9 Å². The van der Waals surface area contributed by atoms with Gasteiger partial charge in [-0.05, 0) is 66.1 Å². The van der Waals surface area contributed by atoms with Gasteiger partial charge in [-0.3, -0.25) is 9.80 Å². The minimum atomic E-state index is -0.159. The molecule has 0 atom stereocenters. The number of nitrogens with zero attached hydrogens (tertiary/aromatic N) is 8. The summed E-state index contributed by atoms with van der Waals surface area (Å²) in [6, 6.07) is 23.5. The van der Waals surface area contributed by atoms with Gasteiger partial charge in [0.25, 0.3) is 0 Å². The predicted octanol–water partition coefficient (Wildman–Crippen LogP) is 6.38. The zero-order chi connectivity index (χ0) is 35.3. The maximum absolute atomic E-state index is 13.9. The fraction of sp³-hybridized carbons (Fsp3) is 0.289. The van der Waals surface area contributed by atoms with Crippen molar-refractivity contribution >= 4 is 45.4 Å². The number of carbonyl (C=O) groups is 1. The van der Waals surface area contributed by atoms with Crippen LogP contribution in [0.15, 0.2) is 89.7 Å². The first kappa shape index (κ1) is 34.2. The van der Waals surface area contributed by atoms with Crippen molar-refractivity contribution in [2.75, 3.05) is 73.7 Å². The van der Waals surface area contributed by atoms with Gasteiger partial charge in [0.15, 0.2) is 0 Å². The van der Waals surface area contributed by atoms with Crippen molar-refractivity contribution in [3.63, 3.8) is 0 Å². The molecule has 2 aliphatic rings.